The molecule has 2 aromatic carbocycles. The maximum Gasteiger partial charge on any atom is 0.143 e. The van der Waals surface area contributed by atoms with Crippen LogP contribution >= 0.6 is 15.9 Å². The van der Waals surface area contributed by atoms with Crippen LogP contribution in [0, 0.1) is 6.92 Å². The predicted octanol–water partition coefficient (Wildman–Crippen LogP) is 5.88. The standard InChI is InChI=1S/C22H21BrN4/c1-15-4-9-18(10-5-15)24-22-21(16-6-11-19(12-7-16)26(2)3)25-20-13-8-17(23)14-27(20)22/h4-14,24H,1-3H3. The topological polar surface area (TPSA) is 32.6 Å². The van der Waals surface area contributed by atoms with E-state index < -0.39 is 0 Å². The second kappa shape index (κ2) is 7.08. The Morgan fingerprint density at radius 1 is 0.926 bits per heavy atom. The maximum absolute atomic E-state index is 4.88. The van der Waals surface area contributed by atoms with Gasteiger partial charge in [-0.2, -0.15) is 0 Å². The highest BCUT2D eigenvalue weighted by molar-refractivity contribution is 9.10. The molecule has 0 amide bonds. The molecular weight excluding hydrogens is 400 g/mol. The number of aryl methyl sites for hydroxylation is 1. The Bertz CT molecular complexity index is 1080. The lowest BCUT2D eigenvalue weighted by Gasteiger charge is -2.13. The van der Waals surface area contributed by atoms with Gasteiger partial charge in [0.05, 0.1) is 0 Å². The summed E-state index contributed by atoms with van der Waals surface area (Å²) >= 11 is 3.57. The average molecular weight is 421 g/mol. The van der Waals surface area contributed by atoms with Gasteiger partial charge >= 0.3 is 0 Å². The monoisotopic (exact) mass is 420 g/mol. The fourth-order valence-corrected chi connectivity index (χ4v) is 3.37. The van der Waals surface area contributed by atoms with Gasteiger partial charge in [0.1, 0.15) is 17.2 Å². The largest absolute Gasteiger partial charge is 0.378 e. The summed E-state index contributed by atoms with van der Waals surface area (Å²) in [7, 11) is 4.09. The van der Waals surface area contributed by atoms with Crippen molar-refractivity contribution in [2.24, 2.45) is 0 Å². The molecule has 2 aromatic heterocycles. The Balaban J connectivity index is 1.84. The van der Waals surface area contributed by atoms with E-state index in [-0.39, 0.29) is 0 Å². The van der Waals surface area contributed by atoms with E-state index in [0.717, 1.165) is 32.9 Å². The van der Waals surface area contributed by atoms with Gasteiger partial charge in [-0.05, 0) is 59.3 Å². The zero-order chi connectivity index (χ0) is 19.0. The number of benzene rings is 2. The minimum Gasteiger partial charge on any atom is -0.378 e. The number of nitrogens with one attached hydrogen (secondary N) is 1. The van der Waals surface area contributed by atoms with Crippen molar-refractivity contribution in [1.82, 2.24) is 9.38 Å². The predicted molar refractivity (Wildman–Crippen MR) is 117 cm³/mol. The van der Waals surface area contributed by atoms with Gasteiger partial charge in [0.2, 0.25) is 0 Å². The zero-order valence-electron chi connectivity index (χ0n) is 15.6. The first kappa shape index (κ1) is 17.6. The van der Waals surface area contributed by atoms with Crippen molar-refractivity contribution in [3.05, 3.63) is 76.9 Å². The van der Waals surface area contributed by atoms with Crippen molar-refractivity contribution in [3.8, 4) is 11.3 Å². The second-order valence-corrected chi connectivity index (χ2v) is 7.73. The highest BCUT2D eigenvalue weighted by atomic mass is 79.9. The Labute approximate surface area is 167 Å². The summed E-state index contributed by atoms with van der Waals surface area (Å²) in [5, 5.41) is 3.56. The number of imidazole rings is 1. The lowest BCUT2D eigenvalue weighted by Crippen LogP contribution is -2.07. The molecule has 0 bridgehead atoms. The van der Waals surface area contributed by atoms with Crippen molar-refractivity contribution in [1.29, 1.82) is 0 Å². The molecule has 4 rings (SSSR count). The van der Waals surface area contributed by atoms with Crippen LogP contribution in [0.15, 0.2) is 71.3 Å². The van der Waals surface area contributed by atoms with E-state index in [4.69, 9.17) is 4.98 Å². The summed E-state index contributed by atoms with van der Waals surface area (Å²) in [6.45, 7) is 2.09. The van der Waals surface area contributed by atoms with Gasteiger partial charge in [-0.25, -0.2) is 4.98 Å². The number of rotatable bonds is 4. The van der Waals surface area contributed by atoms with Gasteiger partial charge in [0.15, 0.2) is 0 Å². The molecule has 4 nitrogen and oxygen atoms in total. The van der Waals surface area contributed by atoms with E-state index in [1.807, 2.05) is 32.4 Å². The Morgan fingerprint density at radius 2 is 1.63 bits per heavy atom. The molecule has 5 heteroatoms. The molecule has 0 saturated carbocycles. The van der Waals surface area contributed by atoms with Crippen LogP contribution in [0.4, 0.5) is 17.2 Å². The molecule has 0 aliphatic rings. The minimum absolute atomic E-state index is 0.902. The number of halogens is 1. The molecule has 0 spiro atoms. The number of pyridine rings is 1. The first-order chi connectivity index (χ1) is 13.0. The fraction of sp³-hybridized carbons (Fsp3) is 0.136. The second-order valence-electron chi connectivity index (χ2n) is 6.82. The van der Waals surface area contributed by atoms with Gasteiger partial charge in [0.25, 0.3) is 0 Å². The molecule has 4 aromatic rings. The Kier molecular flexibility index (Phi) is 4.62. The van der Waals surface area contributed by atoms with Gasteiger partial charge < -0.3 is 10.2 Å². The number of aromatic nitrogens is 2. The van der Waals surface area contributed by atoms with Gasteiger partial charge in [-0.15, -0.1) is 0 Å². The molecule has 0 saturated heterocycles. The quantitative estimate of drug-likeness (QED) is 0.447. The summed E-state index contributed by atoms with van der Waals surface area (Å²) in [6, 6.07) is 20.9. The molecule has 0 aliphatic heterocycles. The molecule has 0 atom stereocenters. The van der Waals surface area contributed by atoms with Crippen LogP contribution in [-0.2, 0) is 0 Å². The summed E-state index contributed by atoms with van der Waals surface area (Å²) < 4.78 is 3.09. The van der Waals surface area contributed by atoms with E-state index >= 15 is 0 Å². The molecule has 27 heavy (non-hydrogen) atoms. The SMILES string of the molecule is Cc1ccc(Nc2c(-c3ccc(N(C)C)cc3)nc3ccc(Br)cn23)cc1. The molecule has 2 heterocycles. The number of fused-ring (bicyclic) bond motifs is 1. The number of nitrogens with zero attached hydrogens (tertiary/aromatic N) is 3. The summed E-state index contributed by atoms with van der Waals surface area (Å²) in [5.41, 5.74) is 6.35. The summed E-state index contributed by atoms with van der Waals surface area (Å²) in [5.74, 6) is 0.952. The molecule has 1 N–H and O–H groups in total. The van der Waals surface area contributed by atoms with Crippen molar-refractivity contribution >= 4 is 38.8 Å². The number of anilines is 3. The van der Waals surface area contributed by atoms with Crippen LogP contribution < -0.4 is 10.2 Å². The molecule has 0 radical (unpaired) electrons. The number of hydrogen-bond donors (Lipinski definition) is 1. The van der Waals surface area contributed by atoms with Crippen LogP contribution in [0.25, 0.3) is 16.9 Å². The van der Waals surface area contributed by atoms with Crippen molar-refractivity contribution in [3.63, 3.8) is 0 Å². The molecular formula is C22H21BrN4. The summed E-state index contributed by atoms with van der Waals surface area (Å²) in [6.07, 6.45) is 2.04. The molecule has 0 unspecified atom stereocenters. The van der Waals surface area contributed by atoms with Crippen LogP contribution in [0.2, 0.25) is 0 Å². The third-order valence-electron chi connectivity index (χ3n) is 4.55. The van der Waals surface area contributed by atoms with Crippen LogP contribution in [0.1, 0.15) is 5.56 Å². The molecule has 136 valence electrons. The third-order valence-corrected chi connectivity index (χ3v) is 5.02. The lowest BCUT2D eigenvalue weighted by molar-refractivity contribution is 1.13. The van der Waals surface area contributed by atoms with Crippen LogP contribution in [0.3, 0.4) is 0 Å². The first-order valence-corrected chi connectivity index (χ1v) is 9.59. The highest BCUT2D eigenvalue weighted by Gasteiger charge is 2.15. The van der Waals surface area contributed by atoms with Crippen LogP contribution in [0.5, 0.6) is 0 Å². The number of hydrogen-bond acceptors (Lipinski definition) is 3. The Morgan fingerprint density at radius 3 is 2.30 bits per heavy atom. The van der Waals surface area contributed by atoms with Gasteiger partial charge in [-0.1, -0.05) is 29.8 Å². The van der Waals surface area contributed by atoms with Crippen molar-refractivity contribution in [2.75, 3.05) is 24.3 Å². The normalized spacial score (nSPS) is 11.0. The minimum atomic E-state index is 0.902. The van der Waals surface area contributed by atoms with E-state index in [1.165, 1.54) is 11.3 Å². The smallest absolute Gasteiger partial charge is 0.143 e. The zero-order valence-corrected chi connectivity index (χ0v) is 17.2. The Hall–Kier alpha value is -2.79. The fourth-order valence-electron chi connectivity index (χ4n) is 3.03. The summed E-state index contributed by atoms with van der Waals surface area (Å²) in [4.78, 5) is 6.97. The van der Waals surface area contributed by atoms with Gasteiger partial charge in [-0.3, -0.25) is 4.40 Å². The lowest BCUT2D eigenvalue weighted by atomic mass is 10.1. The average Bonchev–Trinajstić information content (AvgIpc) is 3.01. The van der Waals surface area contributed by atoms with E-state index in [1.54, 1.807) is 0 Å². The van der Waals surface area contributed by atoms with Gasteiger partial charge in [0, 0.05) is 41.7 Å². The van der Waals surface area contributed by atoms with Crippen LogP contribution in [-0.4, -0.2) is 23.5 Å². The van der Waals surface area contributed by atoms with Crippen molar-refractivity contribution < 1.29 is 0 Å². The molecule has 0 aliphatic carbocycles. The van der Waals surface area contributed by atoms with Crippen molar-refractivity contribution in [2.45, 2.75) is 6.92 Å². The highest BCUT2D eigenvalue weighted by Crippen LogP contribution is 2.33. The van der Waals surface area contributed by atoms with E-state index in [9.17, 15) is 0 Å². The van der Waals surface area contributed by atoms with E-state index in [0.29, 0.717) is 0 Å². The molecule has 0 fully saturated rings. The first-order valence-electron chi connectivity index (χ1n) is 8.80. The third kappa shape index (κ3) is 3.55. The maximum atomic E-state index is 4.88. The van der Waals surface area contributed by atoms with E-state index in [2.05, 4.69) is 86.0 Å².